The van der Waals surface area contributed by atoms with Crippen LogP contribution in [0.25, 0.3) is 11.5 Å². The molecule has 1 aliphatic rings. The number of carbonyl (C=O) groups is 1. The normalized spacial score (nSPS) is 16.2. The summed E-state index contributed by atoms with van der Waals surface area (Å²) in [6.07, 6.45) is 1.69. The third-order valence-electron chi connectivity index (χ3n) is 4.76. The number of halogens is 1. The first-order valence-corrected chi connectivity index (χ1v) is 9.18. The van der Waals surface area contributed by atoms with E-state index in [0.29, 0.717) is 23.8 Å². The highest BCUT2D eigenvalue weighted by Gasteiger charge is 2.26. The number of oxazole rings is 1. The molecule has 26 heavy (non-hydrogen) atoms. The molecule has 1 aromatic carbocycles. The Labute approximate surface area is 153 Å². The molecule has 2 heterocycles. The highest BCUT2D eigenvalue weighted by atomic mass is 19.1. The summed E-state index contributed by atoms with van der Waals surface area (Å²) in [6, 6.07) is 6.67. The lowest BCUT2D eigenvalue weighted by molar-refractivity contribution is -0.127. The van der Waals surface area contributed by atoms with Crippen LogP contribution < -0.4 is 5.32 Å². The lowest BCUT2D eigenvalue weighted by Gasteiger charge is -2.31. The largest absolute Gasteiger partial charge is 0.441 e. The van der Waals surface area contributed by atoms with Gasteiger partial charge in [0.25, 0.3) is 0 Å². The second-order valence-corrected chi connectivity index (χ2v) is 7.22. The van der Waals surface area contributed by atoms with E-state index in [1.807, 2.05) is 20.8 Å². The molecule has 3 rings (SSSR count). The second kappa shape index (κ2) is 7.99. The van der Waals surface area contributed by atoms with Crippen LogP contribution in [0.2, 0.25) is 0 Å². The number of piperidine rings is 1. The zero-order valence-electron chi connectivity index (χ0n) is 15.6. The van der Waals surface area contributed by atoms with E-state index in [0.717, 1.165) is 31.6 Å². The molecule has 0 spiro atoms. The molecule has 1 saturated heterocycles. The molecule has 1 N–H and O–H groups in total. The van der Waals surface area contributed by atoms with Gasteiger partial charge in [-0.15, -0.1) is 0 Å². The summed E-state index contributed by atoms with van der Waals surface area (Å²) >= 11 is 0. The van der Waals surface area contributed by atoms with Crippen molar-refractivity contribution in [3.05, 3.63) is 41.5 Å². The molecule has 6 heteroatoms. The third-order valence-corrected chi connectivity index (χ3v) is 4.76. The van der Waals surface area contributed by atoms with Crippen LogP contribution in [0, 0.1) is 18.7 Å². The monoisotopic (exact) mass is 359 g/mol. The molecule has 1 aliphatic heterocycles. The molecule has 1 aromatic heterocycles. The van der Waals surface area contributed by atoms with E-state index >= 15 is 0 Å². The minimum atomic E-state index is -0.336. The summed E-state index contributed by atoms with van der Waals surface area (Å²) in [5.41, 5.74) is 1.21. The lowest BCUT2D eigenvalue weighted by Crippen LogP contribution is -2.42. The summed E-state index contributed by atoms with van der Waals surface area (Å²) < 4.78 is 19.6. The predicted molar refractivity (Wildman–Crippen MR) is 97.9 cm³/mol. The zero-order chi connectivity index (χ0) is 18.7. The fourth-order valence-corrected chi connectivity index (χ4v) is 3.29. The molecule has 1 amide bonds. The first-order valence-electron chi connectivity index (χ1n) is 9.18. The van der Waals surface area contributed by atoms with Crippen molar-refractivity contribution in [1.82, 2.24) is 15.2 Å². The minimum Gasteiger partial charge on any atom is -0.441 e. The molecule has 0 saturated carbocycles. The van der Waals surface area contributed by atoms with E-state index < -0.39 is 0 Å². The van der Waals surface area contributed by atoms with Crippen molar-refractivity contribution in [3.63, 3.8) is 0 Å². The molecule has 0 unspecified atom stereocenters. The number of nitrogens with one attached hydrogen (secondary N) is 1. The Morgan fingerprint density at radius 3 is 2.69 bits per heavy atom. The average molecular weight is 359 g/mol. The molecule has 1 fully saturated rings. The fraction of sp³-hybridized carbons (Fsp3) is 0.500. The van der Waals surface area contributed by atoms with E-state index in [-0.39, 0.29) is 23.7 Å². The van der Waals surface area contributed by atoms with Gasteiger partial charge >= 0.3 is 0 Å². The van der Waals surface area contributed by atoms with Gasteiger partial charge < -0.3 is 9.73 Å². The molecule has 2 aromatic rings. The Morgan fingerprint density at radius 1 is 1.35 bits per heavy atom. The number of aryl methyl sites for hydroxylation is 1. The molecule has 0 aliphatic carbocycles. The van der Waals surface area contributed by atoms with Crippen LogP contribution in [0.15, 0.2) is 28.7 Å². The summed E-state index contributed by atoms with van der Waals surface area (Å²) in [5, 5.41) is 2.99. The molecular weight excluding hydrogens is 333 g/mol. The minimum absolute atomic E-state index is 0.0843. The molecule has 0 radical (unpaired) electrons. The van der Waals surface area contributed by atoms with E-state index in [2.05, 4.69) is 15.2 Å². The third kappa shape index (κ3) is 4.30. The van der Waals surface area contributed by atoms with Crippen molar-refractivity contribution in [2.75, 3.05) is 13.1 Å². The molecule has 5 nitrogen and oxygen atoms in total. The van der Waals surface area contributed by atoms with Crippen molar-refractivity contribution < 1.29 is 13.6 Å². The number of benzene rings is 1. The maximum atomic E-state index is 13.9. The van der Waals surface area contributed by atoms with Gasteiger partial charge in [0.1, 0.15) is 11.6 Å². The van der Waals surface area contributed by atoms with Crippen LogP contribution in [0.4, 0.5) is 4.39 Å². The quantitative estimate of drug-likeness (QED) is 0.887. The number of nitrogens with zero attached hydrogens (tertiary/aromatic N) is 2. The van der Waals surface area contributed by atoms with E-state index in [4.69, 9.17) is 4.42 Å². The van der Waals surface area contributed by atoms with Crippen LogP contribution in [0.1, 0.15) is 38.1 Å². The van der Waals surface area contributed by atoms with Gasteiger partial charge in [-0.2, -0.15) is 0 Å². The average Bonchev–Trinajstić information content (AvgIpc) is 2.96. The Morgan fingerprint density at radius 2 is 2.04 bits per heavy atom. The first-order chi connectivity index (χ1) is 12.4. The maximum Gasteiger partial charge on any atom is 0.229 e. The Balaban J connectivity index is 1.61. The number of amides is 1. The maximum absolute atomic E-state index is 13.9. The molecule has 0 bridgehead atoms. The number of hydrogen-bond acceptors (Lipinski definition) is 4. The zero-order valence-corrected chi connectivity index (χ0v) is 15.6. The fourth-order valence-electron chi connectivity index (χ4n) is 3.29. The van der Waals surface area contributed by atoms with Gasteiger partial charge in [0.2, 0.25) is 11.8 Å². The lowest BCUT2D eigenvalue weighted by atomic mass is 9.95. The van der Waals surface area contributed by atoms with Gasteiger partial charge in [-0.1, -0.05) is 12.1 Å². The molecular formula is C20H26FN3O2. The van der Waals surface area contributed by atoms with Crippen molar-refractivity contribution in [2.45, 2.75) is 46.2 Å². The van der Waals surface area contributed by atoms with Crippen molar-refractivity contribution in [2.24, 2.45) is 5.92 Å². The van der Waals surface area contributed by atoms with Crippen LogP contribution in [-0.2, 0) is 11.3 Å². The van der Waals surface area contributed by atoms with Gasteiger partial charge in [-0.05, 0) is 58.8 Å². The van der Waals surface area contributed by atoms with Gasteiger partial charge in [0.05, 0.1) is 11.3 Å². The van der Waals surface area contributed by atoms with E-state index in [9.17, 15) is 9.18 Å². The number of hydrogen-bond donors (Lipinski definition) is 1. The van der Waals surface area contributed by atoms with Crippen LogP contribution in [-0.4, -0.2) is 34.9 Å². The van der Waals surface area contributed by atoms with Crippen LogP contribution in [0.5, 0.6) is 0 Å². The molecule has 0 atom stereocenters. The summed E-state index contributed by atoms with van der Waals surface area (Å²) in [5.74, 6) is 0.933. The number of rotatable bonds is 5. The Hall–Kier alpha value is -2.21. The van der Waals surface area contributed by atoms with E-state index in [1.165, 1.54) is 6.07 Å². The van der Waals surface area contributed by atoms with Gasteiger partial charge in [0, 0.05) is 18.5 Å². The van der Waals surface area contributed by atoms with Crippen LogP contribution in [0.3, 0.4) is 0 Å². The van der Waals surface area contributed by atoms with Gasteiger partial charge in [-0.3, -0.25) is 9.69 Å². The summed E-state index contributed by atoms with van der Waals surface area (Å²) in [4.78, 5) is 18.9. The topological polar surface area (TPSA) is 58.4 Å². The standard InChI is InChI=1S/C20H26FN3O2/c1-13(2)22-19(25)15-8-10-24(11-9-15)12-18-14(3)26-20(23-18)16-6-4-5-7-17(16)21/h4-7,13,15H,8-12H2,1-3H3,(H,22,25). The highest BCUT2D eigenvalue weighted by molar-refractivity contribution is 5.78. The Kier molecular flexibility index (Phi) is 5.71. The summed E-state index contributed by atoms with van der Waals surface area (Å²) in [7, 11) is 0. The summed E-state index contributed by atoms with van der Waals surface area (Å²) in [6.45, 7) is 8.16. The number of carbonyl (C=O) groups excluding carboxylic acids is 1. The van der Waals surface area contributed by atoms with Crippen molar-refractivity contribution >= 4 is 5.91 Å². The van der Waals surface area contributed by atoms with Crippen molar-refractivity contribution in [3.8, 4) is 11.5 Å². The SMILES string of the molecule is Cc1oc(-c2ccccc2F)nc1CN1CCC(C(=O)NC(C)C)CC1. The van der Waals surface area contributed by atoms with Crippen molar-refractivity contribution in [1.29, 1.82) is 0 Å². The second-order valence-electron chi connectivity index (χ2n) is 7.22. The van der Waals surface area contributed by atoms with Crippen LogP contribution >= 0.6 is 0 Å². The number of aromatic nitrogens is 1. The first kappa shape index (κ1) is 18.6. The Bertz CT molecular complexity index is 764. The van der Waals surface area contributed by atoms with Gasteiger partial charge in [0.15, 0.2) is 0 Å². The van der Waals surface area contributed by atoms with Gasteiger partial charge in [-0.25, -0.2) is 9.37 Å². The predicted octanol–water partition coefficient (Wildman–Crippen LogP) is 3.53. The highest BCUT2D eigenvalue weighted by Crippen LogP contribution is 2.26. The smallest absolute Gasteiger partial charge is 0.229 e. The number of likely N-dealkylation sites (tertiary alicyclic amines) is 1. The molecule has 140 valence electrons. The van der Waals surface area contributed by atoms with E-state index in [1.54, 1.807) is 18.2 Å².